The Kier molecular flexibility index (Phi) is 8.53. The van der Waals surface area contributed by atoms with Gasteiger partial charge in [-0.15, -0.1) is 0 Å². The number of aromatic nitrogens is 2. The van der Waals surface area contributed by atoms with Crippen LogP contribution in [-0.2, 0) is 36.9 Å². The zero-order chi connectivity index (χ0) is 24.6. The highest BCUT2D eigenvalue weighted by Gasteiger charge is 2.39. The molecule has 1 aliphatic heterocycles. The van der Waals surface area contributed by atoms with Gasteiger partial charge in [0.1, 0.15) is 5.75 Å². The van der Waals surface area contributed by atoms with E-state index in [1.807, 2.05) is 54.9 Å². The molecule has 4 rings (SSSR count). The van der Waals surface area contributed by atoms with Gasteiger partial charge in [0, 0.05) is 43.2 Å². The van der Waals surface area contributed by atoms with Gasteiger partial charge in [0.15, 0.2) is 0 Å². The summed E-state index contributed by atoms with van der Waals surface area (Å²) < 4.78 is 5.85. The zero-order valence-electron chi connectivity index (χ0n) is 20.3. The Balaban J connectivity index is 1.24. The van der Waals surface area contributed by atoms with Crippen LogP contribution in [0.3, 0.4) is 0 Å². The average Bonchev–Trinajstić information content (AvgIpc) is 3.16. The Labute approximate surface area is 211 Å². The van der Waals surface area contributed by atoms with Crippen LogP contribution in [0.4, 0.5) is 4.79 Å². The van der Waals surface area contributed by atoms with E-state index in [2.05, 4.69) is 29.9 Å². The van der Waals surface area contributed by atoms with Crippen LogP contribution >= 0.6 is 11.8 Å². The molecule has 6 nitrogen and oxygen atoms in total. The number of hydrogen-bond acceptors (Lipinski definition) is 6. The Morgan fingerprint density at radius 3 is 2.00 bits per heavy atom. The number of amides is 2. The number of hydrogen-bond donors (Lipinski definition) is 0. The van der Waals surface area contributed by atoms with Gasteiger partial charge in [-0.1, -0.05) is 49.9 Å². The third-order valence-electron chi connectivity index (χ3n) is 6.16. The van der Waals surface area contributed by atoms with Crippen molar-refractivity contribution in [1.29, 1.82) is 0 Å². The molecule has 3 heterocycles. The second-order valence-electron chi connectivity index (χ2n) is 8.58. The molecule has 0 radical (unpaired) electrons. The van der Waals surface area contributed by atoms with E-state index in [1.165, 1.54) is 16.0 Å². The molecular weight excluding hydrogens is 458 g/mol. The number of pyridine rings is 2. The van der Waals surface area contributed by atoms with Crippen LogP contribution < -0.4 is 4.74 Å². The monoisotopic (exact) mass is 489 g/mol. The van der Waals surface area contributed by atoms with Crippen molar-refractivity contribution < 1.29 is 14.3 Å². The van der Waals surface area contributed by atoms with E-state index in [1.54, 1.807) is 0 Å². The third kappa shape index (κ3) is 6.69. The molecule has 1 fully saturated rings. The topological polar surface area (TPSA) is 72.4 Å². The molecule has 0 unspecified atom stereocenters. The molecule has 1 saturated heterocycles. The van der Waals surface area contributed by atoms with Gasteiger partial charge in [0.2, 0.25) is 5.91 Å². The summed E-state index contributed by atoms with van der Waals surface area (Å²) in [7, 11) is 0. The van der Waals surface area contributed by atoms with Gasteiger partial charge in [0.05, 0.1) is 11.9 Å². The van der Waals surface area contributed by atoms with Crippen LogP contribution in [0.2, 0.25) is 0 Å². The third-order valence-corrected chi connectivity index (χ3v) is 7.23. The van der Waals surface area contributed by atoms with Gasteiger partial charge in [-0.3, -0.25) is 24.5 Å². The maximum Gasteiger partial charge on any atom is 0.289 e. The molecule has 0 bridgehead atoms. The summed E-state index contributed by atoms with van der Waals surface area (Å²) in [6.07, 6.45) is 7.52. The number of imide groups is 1. The first-order valence-electron chi connectivity index (χ1n) is 12.2. The van der Waals surface area contributed by atoms with Gasteiger partial charge >= 0.3 is 0 Å². The predicted octanol–water partition coefficient (Wildman–Crippen LogP) is 5.07. The van der Waals surface area contributed by atoms with Gasteiger partial charge in [-0.2, -0.15) is 0 Å². The highest BCUT2D eigenvalue weighted by Crippen LogP contribution is 2.30. The van der Waals surface area contributed by atoms with E-state index in [-0.39, 0.29) is 16.4 Å². The zero-order valence-corrected chi connectivity index (χ0v) is 21.1. The number of nitrogens with zero attached hydrogens (tertiary/aromatic N) is 3. The van der Waals surface area contributed by atoms with Crippen LogP contribution in [0.25, 0.3) is 0 Å². The SMILES string of the molecule is CCc1ccc(CCOc2ccc(C[C@H]3SC(=O)N(CCc4ccc(CC)cn4)C3=O)cc2)nc1. The van der Waals surface area contributed by atoms with E-state index < -0.39 is 0 Å². The molecule has 35 heavy (non-hydrogen) atoms. The lowest BCUT2D eigenvalue weighted by Crippen LogP contribution is -2.34. The summed E-state index contributed by atoms with van der Waals surface area (Å²) in [6, 6.07) is 15.9. The standard InChI is InChI=1S/C28H31N3O3S/c1-3-20-5-9-23(29-18-20)13-15-31-27(32)26(35-28(31)33)17-22-7-11-25(12-8-22)34-16-14-24-10-6-21(4-2)19-30-24/h5-12,18-19,26H,3-4,13-17H2,1-2H3/t26-/m1/s1. The first kappa shape index (κ1) is 24.9. The number of carbonyl (C=O) groups excluding carboxylic acids is 2. The molecule has 1 aliphatic rings. The lowest BCUT2D eigenvalue weighted by molar-refractivity contribution is -0.126. The van der Waals surface area contributed by atoms with E-state index in [9.17, 15) is 9.59 Å². The number of thioether (sulfide) groups is 1. The molecule has 0 saturated carbocycles. The molecule has 0 aliphatic carbocycles. The number of benzene rings is 1. The van der Waals surface area contributed by atoms with Crippen LogP contribution in [0.15, 0.2) is 60.9 Å². The predicted molar refractivity (Wildman–Crippen MR) is 139 cm³/mol. The van der Waals surface area contributed by atoms with Crippen LogP contribution in [0, 0.1) is 0 Å². The Morgan fingerprint density at radius 1 is 0.829 bits per heavy atom. The molecular formula is C28H31N3O3S. The Morgan fingerprint density at radius 2 is 1.43 bits per heavy atom. The quantitative estimate of drug-likeness (QED) is 0.374. The number of rotatable bonds is 11. The first-order chi connectivity index (χ1) is 17.1. The van der Waals surface area contributed by atoms with Crippen LogP contribution in [0.5, 0.6) is 5.75 Å². The van der Waals surface area contributed by atoms with Crippen LogP contribution in [-0.4, -0.2) is 44.4 Å². The molecule has 7 heteroatoms. The molecule has 0 spiro atoms. The van der Waals surface area contributed by atoms with Crippen molar-refractivity contribution in [3.05, 3.63) is 89.0 Å². The maximum atomic E-state index is 12.9. The van der Waals surface area contributed by atoms with E-state index in [4.69, 9.17) is 4.74 Å². The summed E-state index contributed by atoms with van der Waals surface area (Å²) in [5.74, 6) is 0.663. The fraction of sp³-hybridized carbons (Fsp3) is 0.357. The molecule has 2 aromatic heterocycles. The minimum absolute atomic E-state index is 0.118. The van der Waals surface area contributed by atoms with Crippen molar-refractivity contribution in [1.82, 2.24) is 14.9 Å². The summed E-state index contributed by atoms with van der Waals surface area (Å²) in [5.41, 5.74) is 5.31. The highest BCUT2D eigenvalue weighted by molar-refractivity contribution is 8.15. The largest absolute Gasteiger partial charge is 0.493 e. The molecule has 1 atom stereocenters. The van der Waals surface area contributed by atoms with E-state index in [0.717, 1.165) is 53.7 Å². The normalized spacial score (nSPS) is 15.6. The lowest BCUT2D eigenvalue weighted by atomic mass is 10.1. The van der Waals surface area contributed by atoms with Gasteiger partial charge in [-0.25, -0.2) is 0 Å². The fourth-order valence-electron chi connectivity index (χ4n) is 3.89. The Bertz CT molecular complexity index is 1130. The van der Waals surface area contributed by atoms with Crippen molar-refractivity contribution in [2.24, 2.45) is 0 Å². The number of ether oxygens (including phenoxy) is 1. The van der Waals surface area contributed by atoms with Crippen molar-refractivity contribution >= 4 is 22.9 Å². The second-order valence-corrected chi connectivity index (χ2v) is 9.74. The lowest BCUT2D eigenvalue weighted by Gasteiger charge is -2.14. The summed E-state index contributed by atoms with van der Waals surface area (Å²) in [5, 5.41) is -0.562. The summed E-state index contributed by atoms with van der Waals surface area (Å²) in [4.78, 5) is 35.6. The fourth-order valence-corrected chi connectivity index (χ4v) is 4.95. The minimum Gasteiger partial charge on any atom is -0.493 e. The van der Waals surface area contributed by atoms with Gasteiger partial charge in [-0.05, 0) is 60.2 Å². The molecule has 1 aromatic carbocycles. The summed E-state index contributed by atoms with van der Waals surface area (Å²) in [6.45, 7) is 5.11. The molecule has 0 N–H and O–H groups in total. The Hall–Kier alpha value is -3.19. The molecule has 2 amide bonds. The second kappa shape index (κ2) is 12.0. The number of aryl methyl sites for hydroxylation is 2. The number of carbonyl (C=O) groups is 2. The van der Waals surface area contributed by atoms with E-state index >= 15 is 0 Å². The van der Waals surface area contributed by atoms with Gasteiger partial charge < -0.3 is 4.74 Å². The summed E-state index contributed by atoms with van der Waals surface area (Å²) >= 11 is 1.11. The van der Waals surface area contributed by atoms with Crippen molar-refractivity contribution in [2.45, 2.75) is 51.2 Å². The average molecular weight is 490 g/mol. The first-order valence-corrected chi connectivity index (χ1v) is 13.0. The smallest absolute Gasteiger partial charge is 0.289 e. The van der Waals surface area contributed by atoms with Crippen molar-refractivity contribution in [2.75, 3.05) is 13.2 Å². The van der Waals surface area contributed by atoms with Crippen LogP contribution in [0.1, 0.15) is 41.9 Å². The van der Waals surface area contributed by atoms with E-state index in [0.29, 0.717) is 26.0 Å². The molecule has 3 aromatic rings. The molecule has 182 valence electrons. The minimum atomic E-state index is -0.387. The highest BCUT2D eigenvalue weighted by atomic mass is 32.2. The van der Waals surface area contributed by atoms with Gasteiger partial charge in [0.25, 0.3) is 5.24 Å². The maximum absolute atomic E-state index is 12.9. The van der Waals surface area contributed by atoms with Crippen molar-refractivity contribution in [3.8, 4) is 5.75 Å². The van der Waals surface area contributed by atoms with Crippen molar-refractivity contribution in [3.63, 3.8) is 0 Å².